The van der Waals surface area contributed by atoms with E-state index in [0.717, 1.165) is 0 Å². The van der Waals surface area contributed by atoms with Gasteiger partial charge in [0.2, 0.25) is 5.91 Å². The molecule has 1 aromatic heterocycles. The molecule has 9 heteroatoms. The molecule has 1 rings (SSSR count). The first-order valence-electron chi connectivity index (χ1n) is 7.07. The number of alkyl halides is 3. The van der Waals surface area contributed by atoms with Crippen LogP contribution in [0.3, 0.4) is 0 Å². The van der Waals surface area contributed by atoms with E-state index >= 15 is 0 Å². The lowest BCUT2D eigenvalue weighted by Gasteiger charge is -2.14. The summed E-state index contributed by atoms with van der Waals surface area (Å²) < 4.78 is 37.5. The van der Waals surface area contributed by atoms with Crippen LogP contribution < -0.4 is 5.32 Å². The number of thioether (sulfide) groups is 1. The quantitative estimate of drug-likeness (QED) is 0.606. The van der Waals surface area contributed by atoms with Gasteiger partial charge in [0.25, 0.3) is 0 Å². The van der Waals surface area contributed by atoms with Crippen molar-refractivity contribution in [1.29, 1.82) is 0 Å². The molecular formula is C14H20F3N3O2S. The Hall–Kier alpha value is -1.51. The number of amides is 1. The lowest BCUT2D eigenvalue weighted by atomic mass is 10.1. The largest absolute Gasteiger partial charge is 0.441 e. The molecule has 0 aliphatic heterocycles. The predicted molar refractivity (Wildman–Crippen MR) is 82.6 cm³/mol. The molecule has 1 amide bonds. The van der Waals surface area contributed by atoms with Gasteiger partial charge in [-0.3, -0.25) is 14.3 Å². The fourth-order valence-electron chi connectivity index (χ4n) is 2.39. The molecule has 0 aromatic carbocycles. The minimum Gasteiger partial charge on any atom is -0.355 e. The molecule has 0 radical (unpaired) electrons. The summed E-state index contributed by atoms with van der Waals surface area (Å²) in [5, 5.41) is 6.73. The van der Waals surface area contributed by atoms with Crippen molar-refractivity contribution >= 4 is 23.5 Å². The van der Waals surface area contributed by atoms with Crippen molar-refractivity contribution in [2.24, 2.45) is 0 Å². The summed E-state index contributed by atoms with van der Waals surface area (Å²) in [5.41, 5.74) is -2.46. The Bertz CT molecular complexity index is 585. The fourth-order valence-corrected chi connectivity index (χ4v) is 2.82. The lowest BCUT2D eigenvalue weighted by Crippen LogP contribution is -2.28. The maximum atomic E-state index is 12.0. The van der Waals surface area contributed by atoms with Gasteiger partial charge in [-0.05, 0) is 39.5 Å². The summed E-state index contributed by atoms with van der Waals surface area (Å²) >= 11 is -0.168. The zero-order valence-corrected chi connectivity index (χ0v) is 14.3. The van der Waals surface area contributed by atoms with Gasteiger partial charge in [-0.1, -0.05) is 0 Å². The molecule has 0 fully saturated rings. The fraction of sp³-hybridized carbons (Fsp3) is 0.643. The lowest BCUT2D eigenvalue weighted by molar-refractivity contribution is -0.121. The zero-order valence-electron chi connectivity index (χ0n) is 13.5. The van der Waals surface area contributed by atoms with E-state index in [1.807, 2.05) is 0 Å². The van der Waals surface area contributed by atoms with Crippen LogP contribution in [-0.2, 0) is 4.79 Å². The summed E-state index contributed by atoms with van der Waals surface area (Å²) in [5.74, 6) is -0.665. The molecule has 1 atom stereocenters. The molecule has 5 nitrogen and oxygen atoms in total. The molecule has 1 heterocycles. The molecule has 0 aliphatic carbocycles. The highest BCUT2D eigenvalue weighted by Crippen LogP contribution is 2.29. The van der Waals surface area contributed by atoms with Crippen molar-refractivity contribution in [3.05, 3.63) is 17.0 Å². The molecule has 0 saturated carbocycles. The van der Waals surface area contributed by atoms with Crippen LogP contribution in [0.1, 0.15) is 48.1 Å². The van der Waals surface area contributed by atoms with Crippen molar-refractivity contribution in [2.75, 3.05) is 12.3 Å². The van der Waals surface area contributed by atoms with Gasteiger partial charge in [-0.25, -0.2) is 0 Å². The van der Waals surface area contributed by atoms with Crippen LogP contribution in [0.4, 0.5) is 13.2 Å². The first kappa shape index (κ1) is 19.5. The van der Waals surface area contributed by atoms with Gasteiger partial charge in [0.15, 0.2) is 5.78 Å². The number of aryl methyl sites for hydroxylation is 1. The van der Waals surface area contributed by atoms with E-state index in [1.54, 1.807) is 25.5 Å². The Morgan fingerprint density at radius 3 is 2.43 bits per heavy atom. The Balaban J connectivity index is 2.56. The second-order valence-corrected chi connectivity index (χ2v) is 6.40. The molecule has 0 spiro atoms. The maximum absolute atomic E-state index is 12.0. The van der Waals surface area contributed by atoms with Crippen LogP contribution in [0.2, 0.25) is 0 Å². The van der Waals surface area contributed by atoms with Gasteiger partial charge in [-0.2, -0.15) is 18.3 Å². The Morgan fingerprint density at radius 2 is 1.96 bits per heavy atom. The van der Waals surface area contributed by atoms with E-state index in [0.29, 0.717) is 17.0 Å². The first-order chi connectivity index (χ1) is 10.5. The molecule has 0 aliphatic rings. The predicted octanol–water partition coefficient (Wildman–Crippen LogP) is 3.02. The Kier molecular flexibility index (Phi) is 6.67. The number of aromatic nitrogens is 2. The van der Waals surface area contributed by atoms with Crippen molar-refractivity contribution < 1.29 is 22.8 Å². The van der Waals surface area contributed by atoms with E-state index in [1.165, 1.54) is 6.92 Å². The average Bonchev–Trinajstić information content (AvgIpc) is 2.69. The first-order valence-corrected chi connectivity index (χ1v) is 8.05. The van der Waals surface area contributed by atoms with E-state index in [9.17, 15) is 22.8 Å². The molecular weight excluding hydrogens is 331 g/mol. The highest BCUT2D eigenvalue weighted by molar-refractivity contribution is 8.00. The summed E-state index contributed by atoms with van der Waals surface area (Å²) in [6.07, 6.45) is 0.0794. The second-order valence-electron chi connectivity index (χ2n) is 5.24. The minimum absolute atomic E-state index is 0.0501. The normalized spacial score (nSPS) is 13.0. The van der Waals surface area contributed by atoms with Gasteiger partial charge in [0.05, 0.1) is 17.3 Å². The molecule has 0 unspecified atom stereocenters. The molecule has 0 bridgehead atoms. The Labute approximate surface area is 137 Å². The number of nitrogens with one attached hydrogen (secondary N) is 1. The number of rotatable bonds is 7. The molecule has 23 heavy (non-hydrogen) atoms. The smallest absolute Gasteiger partial charge is 0.355 e. The van der Waals surface area contributed by atoms with Gasteiger partial charge < -0.3 is 5.32 Å². The number of hydrogen-bond donors (Lipinski definition) is 1. The SMILES string of the molecule is CC(=O)c1c(C)nn([C@@H](C)CC(=O)NCCSC(F)(F)F)c1C. The number of carbonyl (C=O) groups excluding carboxylic acids is 2. The van der Waals surface area contributed by atoms with E-state index in [2.05, 4.69) is 10.4 Å². The number of nitrogens with zero attached hydrogens (tertiary/aromatic N) is 2. The van der Waals surface area contributed by atoms with Crippen molar-refractivity contribution in [1.82, 2.24) is 15.1 Å². The van der Waals surface area contributed by atoms with Gasteiger partial charge in [0, 0.05) is 24.4 Å². The topological polar surface area (TPSA) is 64.0 Å². The van der Waals surface area contributed by atoms with Crippen LogP contribution >= 0.6 is 11.8 Å². The Morgan fingerprint density at radius 1 is 1.35 bits per heavy atom. The second kappa shape index (κ2) is 7.85. The minimum atomic E-state index is -4.29. The third kappa shape index (κ3) is 5.89. The van der Waals surface area contributed by atoms with Crippen LogP contribution in [0.15, 0.2) is 0 Å². The third-order valence-electron chi connectivity index (χ3n) is 3.27. The number of Topliss-reactive ketones (excluding diaryl/α,β-unsaturated/α-hetero) is 1. The summed E-state index contributed by atoms with van der Waals surface area (Å²) in [4.78, 5) is 23.4. The van der Waals surface area contributed by atoms with Gasteiger partial charge >= 0.3 is 5.51 Å². The van der Waals surface area contributed by atoms with Gasteiger partial charge in [-0.15, -0.1) is 0 Å². The van der Waals surface area contributed by atoms with Crippen LogP contribution in [0, 0.1) is 13.8 Å². The maximum Gasteiger partial charge on any atom is 0.441 e. The van der Waals surface area contributed by atoms with Crippen LogP contribution in [-0.4, -0.2) is 39.3 Å². The monoisotopic (exact) mass is 351 g/mol. The van der Waals surface area contributed by atoms with Crippen molar-refractivity contribution in [3.63, 3.8) is 0 Å². The summed E-state index contributed by atoms with van der Waals surface area (Å²) in [6, 6.07) is -0.294. The number of halogens is 3. The number of ketones is 1. The highest BCUT2D eigenvalue weighted by Gasteiger charge is 2.27. The summed E-state index contributed by atoms with van der Waals surface area (Å²) in [6.45, 7) is 6.66. The van der Waals surface area contributed by atoms with E-state index in [4.69, 9.17) is 0 Å². The molecule has 0 saturated heterocycles. The van der Waals surface area contributed by atoms with E-state index in [-0.39, 0.29) is 48.2 Å². The van der Waals surface area contributed by atoms with Crippen molar-refractivity contribution in [3.8, 4) is 0 Å². The molecule has 1 N–H and O–H groups in total. The number of carbonyl (C=O) groups is 2. The average molecular weight is 351 g/mol. The zero-order chi connectivity index (χ0) is 17.8. The van der Waals surface area contributed by atoms with Crippen molar-refractivity contribution in [2.45, 2.75) is 45.7 Å². The van der Waals surface area contributed by atoms with E-state index < -0.39 is 5.51 Å². The summed E-state index contributed by atoms with van der Waals surface area (Å²) in [7, 11) is 0. The molecule has 1 aromatic rings. The third-order valence-corrected chi connectivity index (χ3v) is 4.00. The van der Waals surface area contributed by atoms with Crippen LogP contribution in [0.25, 0.3) is 0 Å². The van der Waals surface area contributed by atoms with Crippen LogP contribution in [0.5, 0.6) is 0 Å². The highest BCUT2D eigenvalue weighted by atomic mass is 32.2. The molecule has 130 valence electrons. The standard InChI is InChI=1S/C14H20F3N3O2S/c1-8(7-12(22)18-5-6-23-14(15,16)17)20-10(3)13(11(4)21)9(2)19-20/h8H,5-7H2,1-4H3,(H,18,22)/t8-/m0/s1. The number of hydrogen-bond acceptors (Lipinski definition) is 4. The van der Waals surface area contributed by atoms with Gasteiger partial charge in [0.1, 0.15) is 0 Å².